The zero-order chi connectivity index (χ0) is 15.8. The van der Waals surface area contributed by atoms with E-state index in [0.717, 1.165) is 17.7 Å². The molecule has 4 nitrogen and oxygen atoms in total. The van der Waals surface area contributed by atoms with Crippen LogP contribution < -0.4 is 19.9 Å². The Morgan fingerprint density at radius 1 is 1.05 bits per heavy atom. The first-order valence-electron chi connectivity index (χ1n) is 7.38. The van der Waals surface area contributed by atoms with Crippen LogP contribution in [0.25, 0.3) is 0 Å². The van der Waals surface area contributed by atoms with Crippen LogP contribution in [0.4, 0.5) is 0 Å². The Morgan fingerprint density at radius 2 is 1.62 bits per heavy atom. The summed E-state index contributed by atoms with van der Waals surface area (Å²) < 4.78 is 17.2. The molecule has 0 radical (unpaired) electrons. The maximum atomic E-state index is 5.80. The van der Waals surface area contributed by atoms with Crippen molar-refractivity contribution in [2.75, 3.05) is 19.8 Å². The van der Waals surface area contributed by atoms with Crippen molar-refractivity contribution in [2.45, 2.75) is 34.1 Å². The second kappa shape index (κ2) is 8.72. The van der Waals surface area contributed by atoms with Gasteiger partial charge < -0.3 is 19.9 Å². The minimum Gasteiger partial charge on any atom is -0.490 e. The molecule has 0 saturated carbocycles. The van der Waals surface area contributed by atoms with E-state index in [1.165, 1.54) is 0 Å². The molecule has 0 aliphatic heterocycles. The first-order chi connectivity index (χ1) is 10.0. The number of nitrogens with two attached hydrogens (primary N) is 1. The molecule has 0 aliphatic rings. The Bertz CT molecular complexity index is 477. The molecule has 118 valence electrons. The average Bonchev–Trinajstić information content (AvgIpc) is 2.45. The summed E-state index contributed by atoms with van der Waals surface area (Å²) >= 11 is 5.06. The lowest BCUT2D eigenvalue weighted by molar-refractivity contribution is 0.259. The highest BCUT2D eigenvalue weighted by Gasteiger charge is 2.19. The van der Waals surface area contributed by atoms with Crippen LogP contribution in [-0.2, 0) is 6.42 Å². The molecule has 1 atom stereocenters. The summed E-state index contributed by atoms with van der Waals surface area (Å²) in [6, 6.07) is 3.91. The molecule has 1 aromatic carbocycles. The maximum Gasteiger partial charge on any atom is 0.203 e. The predicted octanol–water partition coefficient (Wildman–Crippen LogP) is 3.35. The van der Waals surface area contributed by atoms with Crippen molar-refractivity contribution in [3.8, 4) is 17.2 Å². The highest BCUT2D eigenvalue weighted by molar-refractivity contribution is 7.80. The van der Waals surface area contributed by atoms with Gasteiger partial charge in [-0.15, -0.1) is 0 Å². The van der Waals surface area contributed by atoms with Crippen LogP contribution in [-0.4, -0.2) is 24.8 Å². The molecule has 0 aliphatic carbocycles. The van der Waals surface area contributed by atoms with Crippen LogP contribution in [0.5, 0.6) is 17.2 Å². The second-order valence-corrected chi connectivity index (χ2v) is 5.16. The molecular weight excluding hydrogens is 286 g/mol. The van der Waals surface area contributed by atoms with Crippen LogP contribution in [0.2, 0.25) is 0 Å². The molecule has 1 unspecified atom stereocenters. The van der Waals surface area contributed by atoms with Crippen LogP contribution >= 0.6 is 12.2 Å². The van der Waals surface area contributed by atoms with Gasteiger partial charge >= 0.3 is 0 Å². The van der Waals surface area contributed by atoms with Crippen molar-refractivity contribution in [1.82, 2.24) is 0 Å². The lowest BCUT2D eigenvalue weighted by atomic mass is 9.99. The molecule has 1 aromatic rings. The van der Waals surface area contributed by atoms with Crippen molar-refractivity contribution < 1.29 is 14.2 Å². The van der Waals surface area contributed by atoms with E-state index >= 15 is 0 Å². The van der Waals surface area contributed by atoms with Crippen molar-refractivity contribution in [2.24, 2.45) is 11.7 Å². The summed E-state index contributed by atoms with van der Waals surface area (Å²) in [7, 11) is 0. The van der Waals surface area contributed by atoms with Crippen molar-refractivity contribution in [3.63, 3.8) is 0 Å². The number of benzene rings is 1. The molecule has 5 heteroatoms. The Balaban J connectivity index is 3.23. The Kier molecular flexibility index (Phi) is 7.29. The number of rotatable bonds is 9. The average molecular weight is 311 g/mol. The van der Waals surface area contributed by atoms with E-state index in [-0.39, 0.29) is 5.92 Å². The van der Waals surface area contributed by atoms with Crippen molar-refractivity contribution >= 4 is 17.2 Å². The minimum atomic E-state index is 0.103. The smallest absolute Gasteiger partial charge is 0.203 e. The maximum absolute atomic E-state index is 5.80. The Labute approximate surface area is 132 Å². The molecule has 21 heavy (non-hydrogen) atoms. The molecule has 2 N–H and O–H groups in total. The lowest BCUT2D eigenvalue weighted by Gasteiger charge is -2.20. The normalized spacial score (nSPS) is 11.8. The van der Waals surface area contributed by atoms with E-state index in [1.807, 2.05) is 39.8 Å². The van der Waals surface area contributed by atoms with Crippen LogP contribution in [0, 0.1) is 5.92 Å². The van der Waals surface area contributed by atoms with Gasteiger partial charge in [0.05, 0.1) is 24.8 Å². The fraction of sp³-hybridized carbons (Fsp3) is 0.562. The quantitative estimate of drug-likeness (QED) is 0.709. The first-order valence-corrected chi connectivity index (χ1v) is 7.79. The van der Waals surface area contributed by atoms with Gasteiger partial charge in [-0.05, 0) is 38.8 Å². The highest BCUT2D eigenvalue weighted by Crippen LogP contribution is 2.41. The number of thiocarbonyl (C=S) groups is 1. The van der Waals surface area contributed by atoms with E-state index in [0.29, 0.717) is 36.3 Å². The summed E-state index contributed by atoms with van der Waals surface area (Å²) in [5, 5.41) is 0. The fourth-order valence-electron chi connectivity index (χ4n) is 2.03. The summed E-state index contributed by atoms with van der Waals surface area (Å²) in [5.74, 6) is 2.20. The van der Waals surface area contributed by atoms with E-state index in [9.17, 15) is 0 Å². The predicted molar refractivity (Wildman–Crippen MR) is 89.6 cm³/mol. The molecule has 1 rings (SSSR count). The fourth-order valence-corrected chi connectivity index (χ4v) is 2.11. The molecule has 0 fully saturated rings. The largest absolute Gasteiger partial charge is 0.490 e. The third-order valence-corrected chi connectivity index (χ3v) is 3.45. The third-order valence-electron chi connectivity index (χ3n) is 3.05. The Morgan fingerprint density at radius 3 is 2.14 bits per heavy atom. The van der Waals surface area contributed by atoms with Gasteiger partial charge in [-0.3, -0.25) is 0 Å². The summed E-state index contributed by atoms with van der Waals surface area (Å²) in [5.41, 5.74) is 6.75. The molecule has 0 bridgehead atoms. The van der Waals surface area contributed by atoms with E-state index < -0.39 is 0 Å². The van der Waals surface area contributed by atoms with Crippen LogP contribution in [0.15, 0.2) is 12.1 Å². The highest BCUT2D eigenvalue weighted by atomic mass is 32.1. The summed E-state index contributed by atoms with van der Waals surface area (Å²) in [6.45, 7) is 9.53. The van der Waals surface area contributed by atoms with Gasteiger partial charge in [0.15, 0.2) is 11.5 Å². The van der Waals surface area contributed by atoms with E-state index in [1.54, 1.807) is 0 Å². The van der Waals surface area contributed by atoms with Gasteiger partial charge in [0.25, 0.3) is 0 Å². The van der Waals surface area contributed by atoms with Gasteiger partial charge in [-0.2, -0.15) is 0 Å². The van der Waals surface area contributed by atoms with Crippen LogP contribution in [0.1, 0.15) is 33.3 Å². The zero-order valence-electron chi connectivity index (χ0n) is 13.3. The van der Waals surface area contributed by atoms with Gasteiger partial charge in [0.2, 0.25) is 5.75 Å². The first kappa shape index (κ1) is 17.6. The van der Waals surface area contributed by atoms with E-state index in [2.05, 4.69) is 0 Å². The third kappa shape index (κ3) is 4.77. The van der Waals surface area contributed by atoms with E-state index in [4.69, 9.17) is 32.2 Å². The van der Waals surface area contributed by atoms with Gasteiger partial charge in [-0.25, -0.2) is 0 Å². The summed E-state index contributed by atoms with van der Waals surface area (Å²) in [6.07, 6.45) is 0.719. The van der Waals surface area contributed by atoms with Crippen LogP contribution in [0.3, 0.4) is 0 Å². The van der Waals surface area contributed by atoms with Crippen molar-refractivity contribution in [1.29, 1.82) is 0 Å². The number of hydrogen-bond donors (Lipinski definition) is 1. The van der Waals surface area contributed by atoms with Gasteiger partial charge in [0.1, 0.15) is 0 Å². The number of ether oxygens (including phenoxy) is 3. The summed E-state index contributed by atoms with van der Waals surface area (Å²) in [4.78, 5) is 0.504. The minimum absolute atomic E-state index is 0.103. The Hall–Kier alpha value is -1.49. The molecular formula is C16H25NO3S. The second-order valence-electron chi connectivity index (χ2n) is 4.69. The zero-order valence-corrected chi connectivity index (χ0v) is 14.1. The van der Waals surface area contributed by atoms with Gasteiger partial charge in [0, 0.05) is 5.92 Å². The SMILES string of the molecule is CCOc1ccc(CC(C)C(N)=S)c(OCC)c1OCC. The molecule has 0 saturated heterocycles. The molecule has 0 heterocycles. The standard InChI is InChI=1S/C16H25NO3S/c1-5-18-13-9-8-12(10-11(4)16(17)21)14(19-6-2)15(13)20-7-3/h8-9,11H,5-7,10H2,1-4H3,(H2,17,21). The molecule has 0 amide bonds. The molecule has 0 aromatic heterocycles. The van der Waals surface area contributed by atoms with Crippen molar-refractivity contribution in [3.05, 3.63) is 17.7 Å². The van der Waals surface area contributed by atoms with Gasteiger partial charge in [-0.1, -0.05) is 25.2 Å². The lowest BCUT2D eigenvalue weighted by Crippen LogP contribution is -2.20. The molecule has 0 spiro atoms. The topological polar surface area (TPSA) is 53.7 Å². The number of hydrogen-bond acceptors (Lipinski definition) is 4. The monoisotopic (exact) mass is 311 g/mol.